The molecule has 3 rings (SSSR count). The average molecular weight is 328 g/mol. The second-order valence-electron chi connectivity index (χ2n) is 7.52. The highest BCUT2D eigenvalue weighted by atomic mass is 16.2. The van der Waals surface area contributed by atoms with Crippen LogP contribution in [-0.2, 0) is 9.59 Å². The van der Waals surface area contributed by atoms with E-state index in [9.17, 15) is 9.59 Å². The van der Waals surface area contributed by atoms with Crippen LogP contribution in [0, 0.1) is 18.8 Å². The molecule has 2 fully saturated rings. The maximum absolute atomic E-state index is 12.6. The Balaban J connectivity index is 1.64. The minimum absolute atomic E-state index is 0.00144. The molecule has 130 valence electrons. The van der Waals surface area contributed by atoms with Crippen molar-refractivity contribution in [2.75, 3.05) is 18.4 Å². The van der Waals surface area contributed by atoms with Crippen molar-refractivity contribution in [3.05, 3.63) is 29.3 Å². The molecule has 1 heterocycles. The number of anilines is 1. The molecule has 4 nitrogen and oxygen atoms in total. The summed E-state index contributed by atoms with van der Waals surface area (Å²) in [6.07, 6.45) is 4.10. The molecule has 2 atom stereocenters. The number of likely N-dealkylation sites (tertiary alicyclic amines) is 1. The summed E-state index contributed by atoms with van der Waals surface area (Å²) in [5.41, 5.74) is 3.16. The fourth-order valence-electron chi connectivity index (χ4n) is 3.66. The maximum atomic E-state index is 12.6. The minimum Gasteiger partial charge on any atom is -0.342 e. The quantitative estimate of drug-likeness (QED) is 0.916. The van der Waals surface area contributed by atoms with Gasteiger partial charge in [-0.2, -0.15) is 0 Å². The summed E-state index contributed by atoms with van der Waals surface area (Å²) in [6.45, 7) is 8.00. The summed E-state index contributed by atoms with van der Waals surface area (Å²) in [5.74, 6) is 0.282. The Bertz CT molecular complexity index is 633. The third kappa shape index (κ3) is 3.47. The first kappa shape index (κ1) is 17.0. The van der Waals surface area contributed by atoms with Crippen molar-refractivity contribution >= 4 is 17.5 Å². The zero-order chi connectivity index (χ0) is 17.3. The van der Waals surface area contributed by atoms with Crippen LogP contribution in [0.15, 0.2) is 18.2 Å². The molecule has 1 aromatic carbocycles. The Morgan fingerprint density at radius 1 is 1.12 bits per heavy atom. The first-order valence-corrected chi connectivity index (χ1v) is 9.18. The summed E-state index contributed by atoms with van der Waals surface area (Å²) < 4.78 is 0. The van der Waals surface area contributed by atoms with E-state index in [4.69, 9.17) is 0 Å². The van der Waals surface area contributed by atoms with Gasteiger partial charge in [0.15, 0.2) is 0 Å². The van der Waals surface area contributed by atoms with E-state index in [1.165, 1.54) is 6.42 Å². The van der Waals surface area contributed by atoms with Gasteiger partial charge in [0.25, 0.3) is 0 Å². The Labute approximate surface area is 144 Å². The van der Waals surface area contributed by atoms with Gasteiger partial charge in [0, 0.05) is 18.8 Å². The fourth-order valence-corrected chi connectivity index (χ4v) is 3.66. The summed E-state index contributed by atoms with van der Waals surface area (Å²) in [7, 11) is 0. The molecule has 1 N–H and O–H groups in total. The molecule has 2 aliphatic rings. The van der Waals surface area contributed by atoms with Gasteiger partial charge in [-0.1, -0.05) is 32.0 Å². The minimum atomic E-state index is -0.154. The van der Waals surface area contributed by atoms with E-state index < -0.39 is 0 Å². The number of para-hydroxylation sites is 1. The molecule has 0 bridgehead atoms. The van der Waals surface area contributed by atoms with Crippen molar-refractivity contribution in [3.63, 3.8) is 0 Å². The Morgan fingerprint density at radius 3 is 2.50 bits per heavy atom. The largest absolute Gasteiger partial charge is 0.342 e. The number of carbonyl (C=O) groups excluding carboxylic acids is 2. The molecule has 24 heavy (non-hydrogen) atoms. The molecule has 1 saturated carbocycles. The van der Waals surface area contributed by atoms with Crippen molar-refractivity contribution in [1.82, 2.24) is 4.90 Å². The van der Waals surface area contributed by atoms with E-state index >= 15 is 0 Å². The molecular formula is C20H28N2O2. The van der Waals surface area contributed by atoms with E-state index in [-0.39, 0.29) is 23.7 Å². The monoisotopic (exact) mass is 328 g/mol. The van der Waals surface area contributed by atoms with Gasteiger partial charge in [-0.25, -0.2) is 0 Å². The molecule has 0 aromatic heterocycles. The molecule has 0 spiro atoms. The molecule has 1 aliphatic heterocycles. The lowest BCUT2D eigenvalue weighted by Crippen LogP contribution is -2.37. The topological polar surface area (TPSA) is 49.4 Å². The number of nitrogens with one attached hydrogen (secondary N) is 1. The van der Waals surface area contributed by atoms with Gasteiger partial charge in [-0.3, -0.25) is 9.59 Å². The van der Waals surface area contributed by atoms with Crippen molar-refractivity contribution in [2.24, 2.45) is 11.8 Å². The van der Waals surface area contributed by atoms with Crippen LogP contribution in [0.3, 0.4) is 0 Å². The third-order valence-electron chi connectivity index (χ3n) is 5.29. The van der Waals surface area contributed by atoms with Gasteiger partial charge in [-0.15, -0.1) is 0 Å². The Kier molecular flexibility index (Phi) is 4.93. The number of benzene rings is 1. The normalized spacial score (nSPS) is 23.2. The van der Waals surface area contributed by atoms with Crippen LogP contribution in [0.5, 0.6) is 0 Å². The zero-order valence-corrected chi connectivity index (χ0v) is 15.0. The second-order valence-corrected chi connectivity index (χ2v) is 7.52. The molecule has 1 saturated heterocycles. The predicted molar refractivity (Wildman–Crippen MR) is 95.9 cm³/mol. The summed E-state index contributed by atoms with van der Waals surface area (Å²) in [5, 5.41) is 3.10. The summed E-state index contributed by atoms with van der Waals surface area (Å²) in [4.78, 5) is 27.1. The summed E-state index contributed by atoms with van der Waals surface area (Å²) in [6, 6.07) is 6.11. The van der Waals surface area contributed by atoms with E-state index in [0.29, 0.717) is 12.3 Å². The smallest absolute Gasteiger partial charge is 0.228 e. The number of aryl methyl sites for hydroxylation is 1. The van der Waals surface area contributed by atoms with Crippen molar-refractivity contribution < 1.29 is 9.59 Å². The lowest BCUT2D eigenvalue weighted by Gasteiger charge is -2.26. The van der Waals surface area contributed by atoms with Crippen LogP contribution in [0.25, 0.3) is 0 Å². The molecule has 2 unspecified atom stereocenters. The van der Waals surface area contributed by atoms with Crippen LogP contribution in [-0.4, -0.2) is 29.8 Å². The van der Waals surface area contributed by atoms with Gasteiger partial charge in [0.2, 0.25) is 11.8 Å². The maximum Gasteiger partial charge on any atom is 0.228 e. The predicted octanol–water partition coefficient (Wildman–Crippen LogP) is 3.71. The SMILES string of the molecule is Cc1cccc(C(C)C)c1NC(=O)C1CC1C(=O)N1CCCCC1. The van der Waals surface area contributed by atoms with Crippen LogP contribution < -0.4 is 5.32 Å². The third-order valence-corrected chi connectivity index (χ3v) is 5.29. The van der Waals surface area contributed by atoms with Crippen molar-refractivity contribution in [3.8, 4) is 0 Å². The van der Waals surface area contributed by atoms with E-state index in [0.717, 1.165) is 42.7 Å². The second kappa shape index (κ2) is 6.96. The lowest BCUT2D eigenvalue weighted by atomic mass is 9.98. The molecule has 1 aromatic rings. The van der Waals surface area contributed by atoms with Crippen LogP contribution in [0.4, 0.5) is 5.69 Å². The number of carbonyl (C=O) groups is 2. The number of hydrogen-bond acceptors (Lipinski definition) is 2. The van der Waals surface area contributed by atoms with Gasteiger partial charge < -0.3 is 10.2 Å². The highest BCUT2D eigenvalue weighted by Gasteiger charge is 2.49. The molecule has 1 aliphatic carbocycles. The fraction of sp³-hybridized carbons (Fsp3) is 0.600. The van der Waals surface area contributed by atoms with Gasteiger partial charge in [-0.05, 0) is 49.7 Å². The molecule has 4 heteroatoms. The molecule has 2 amide bonds. The average Bonchev–Trinajstić information content (AvgIpc) is 3.37. The first-order chi connectivity index (χ1) is 11.5. The highest BCUT2D eigenvalue weighted by molar-refractivity contribution is 6.00. The number of nitrogens with zero attached hydrogens (tertiary/aromatic N) is 1. The van der Waals surface area contributed by atoms with E-state index in [1.807, 2.05) is 24.0 Å². The van der Waals surface area contributed by atoms with Crippen molar-refractivity contribution in [2.45, 2.75) is 52.4 Å². The van der Waals surface area contributed by atoms with Crippen LogP contribution in [0.1, 0.15) is 56.6 Å². The van der Waals surface area contributed by atoms with Gasteiger partial charge >= 0.3 is 0 Å². The highest BCUT2D eigenvalue weighted by Crippen LogP contribution is 2.42. The Hall–Kier alpha value is -1.84. The standard InChI is InChI=1S/C20H28N2O2/c1-13(2)15-9-7-8-14(3)18(15)21-19(23)16-12-17(16)20(24)22-10-5-4-6-11-22/h7-9,13,16-17H,4-6,10-12H2,1-3H3,(H,21,23). The van der Waals surface area contributed by atoms with Crippen molar-refractivity contribution in [1.29, 1.82) is 0 Å². The zero-order valence-electron chi connectivity index (χ0n) is 15.0. The molecular weight excluding hydrogens is 300 g/mol. The molecule has 0 radical (unpaired) electrons. The van der Waals surface area contributed by atoms with Crippen LogP contribution in [0.2, 0.25) is 0 Å². The first-order valence-electron chi connectivity index (χ1n) is 9.18. The number of piperidine rings is 1. The van der Waals surface area contributed by atoms with Gasteiger partial charge in [0.05, 0.1) is 11.8 Å². The number of amides is 2. The van der Waals surface area contributed by atoms with E-state index in [1.54, 1.807) is 0 Å². The van der Waals surface area contributed by atoms with E-state index in [2.05, 4.69) is 25.2 Å². The summed E-state index contributed by atoms with van der Waals surface area (Å²) >= 11 is 0. The lowest BCUT2D eigenvalue weighted by molar-refractivity contribution is -0.134. The Morgan fingerprint density at radius 2 is 1.83 bits per heavy atom. The van der Waals surface area contributed by atoms with Crippen LogP contribution >= 0.6 is 0 Å². The number of rotatable bonds is 4. The number of hydrogen-bond donors (Lipinski definition) is 1. The van der Waals surface area contributed by atoms with Gasteiger partial charge in [0.1, 0.15) is 0 Å².